The molecule has 2 fully saturated rings. The molecule has 2 aliphatic rings. The molecule has 6 heteroatoms. The molecule has 23 heavy (non-hydrogen) atoms. The van der Waals surface area contributed by atoms with E-state index in [1.807, 2.05) is 7.05 Å². The maximum absolute atomic E-state index is 4.39. The predicted octanol–water partition coefficient (Wildman–Crippen LogP) is 3.18. The van der Waals surface area contributed by atoms with E-state index in [-0.39, 0.29) is 24.0 Å². The molecule has 4 nitrogen and oxygen atoms in total. The van der Waals surface area contributed by atoms with Crippen LogP contribution in [0.5, 0.6) is 0 Å². The molecule has 0 aromatic carbocycles. The standard InChI is InChI=1S/C17H34N4S.HI/c1-14(2)12-21-9-5-7-15(21)11-19-16(18-4)20-13-17(3)8-6-10-22-17;/h14-15H,5-13H2,1-4H3,(H2,18,19,20);1H/t15-,17?;/m1./s1. The van der Waals surface area contributed by atoms with Crippen molar-refractivity contribution in [3.8, 4) is 0 Å². The van der Waals surface area contributed by atoms with Gasteiger partial charge >= 0.3 is 0 Å². The van der Waals surface area contributed by atoms with Crippen LogP contribution >= 0.6 is 35.7 Å². The third-order valence-corrected chi connectivity index (χ3v) is 6.30. The molecule has 2 atom stereocenters. The summed E-state index contributed by atoms with van der Waals surface area (Å²) in [6.45, 7) is 11.5. The van der Waals surface area contributed by atoms with Gasteiger partial charge in [-0.3, -0.25) is 9.89 Å². The summed E-state index contributed by atoms with van der Waals surface area (Å²) in [7, 11) is 1.87. The zero-order chi connectivity index (χ0) is 16.0. The van der Waals surface area contributed by atoms with Crippen LogP contribution in [-0.2, 0) is 0 Å². The van der Waals surface area contributed by atoms with Crippen LogP contribution in [0.15, 0.2) is 4.99 Å². The van der Waals surface area contributed by atoms with Gasteiger partial charge in [-0.1, -0.05) is 13.8 Å². The Morgan fingerprint density at radius 2 is 2.13 bits per heavy atom. The molecule has 0 radical (unpaired) electrons. The number of likely N-dealkylation sites (tertiary alicyclic amines) is 1. The average molecular weight is 454 g/mol. The molecule has 0 amide bonds. The number of guanidine groups is 1. The first-order valence-corrected chi connectivity index (χ1v) is 9.83. The first-order chi connectivity index (χ1) is 10.5. The van der Waals surface area contributed by atoms with Gasteiger partial charge in [0.05, 0.1) is 0 Å². The van der Waals surface area contributed by atoms with Crippen molar-refractivity contribution in [3.05, 3.63) is 0 Å². The van der Waals surface area contributed by atoms with Crippen molar-refractivity contribution in [1.82, 2.24) is 15.5 Å². The van der Waals surface area contributed by atoms with Gasteiger partial charge in [-0.15, -0.1) is 24.0 Å². The van der Waals surface area contributed by atoms with Crippen LogP contribution in [0.2, 0.25) is 0 Å². The summed E-state index contributed by atoms with van der Waals surface area (Å²) in [5, 5.41) is 7.07. The molecule has 2 aliphatic heterocycles. The van der Waals surface area contributed by atoms with Crippen LogP contribution in [0.3, 0.4) is 0 Å². The fraction of sp³-hybridized carbons (Fsp3) is 0.941. The number of rotatable bonds is 6. The maximum atomic E-state index is 4.39. The van der Waals surface area contributed by atoms with E-state index < -0.39 is 0 Å². The summed E-state index contributed by atoms with van der Waals surface area (Å²) in [6, 6.07) is 0.664. The SMILES string of the molecule is CN=C(NC[C@H]1CCCN1CC(C)C)NCC1(C)CCCS1.I. The molecule has 2 rings (SSSR count). The maximum Gasteiger partial charge on any atom is 0.191 e. The van der Waals surface area contributed by atoms with Crippen LogP contribution in [0.4, 0.5) is 0 Å². The van der Waals surface area contributed by atoms with Gasteiger partial charge in [0.15, 0.2) is 5.96 Å². The fourth-order valence-electron chi connectivity index (χ4n) is 3.52. The van der Waals surface area contributed by atoms with E-state index in [2.05, 4.69) is 53.1 Å². The highest BCUT2D eigenvalue weighted by atomic mass is 127. The zero-order valence-electron chi connectivity index (χ0n) is 15.2. The van der Waals surface area contributed by atoms with E-state index in [1.165, 1.54) is 44.5 Å². The van der Waals surface area contributed by atoms with Crippen LogP contribution < -0.4 is 10.6 Å². The lowest BCUT2D eigenvalue weighted by molar-refractivity contribution is 0.226. The second kappa shape index (κ2) is 10.3. The molecule has 2 saturated heterocycles. The third kappa shape index (κ3) is 6.98. The van der Waals surface area contributed by atoms with Crippen LogP contribution in [0, 0.1) is 5.92 Å². The normalized spacial score (nSPS) is 28.9. The Morgan fingerprint density at radius 1 is 1.35 bits per heavy atom. The van der Waals surface area contributed by atoms with Crippen LogP contribution in [0.25, 0.3) is 0 Å². The quantitative estimate of drug-likeness (QED) is 0.368. The first kappa shape index (κ1) is 21.4. The Hall–Kier alpha value is 0.310. The number of nitrogens with zero attached hydrogens (tertiary/aromatic N) is 2. The molecule has 2 heterocycles. The number of hydrogen-bond acceptors (Lipinski definition) is 3. The molecule has 0 spiro atoms. The van der Waals surface area contributed by atoms with E-state index in [0.717, 1.165) is 25.0 Å². The van der Waals surface area contributed by atoms with Gasteiger partial charge in [-0.25, -0.2) is 0 Å². The highest BCUT2D eigenvalue weighted by Gasteiger charge is 2.29. The summed E-state index contributed by atoms with van der Waals surface area (Å²) in [6.07, 6.45) is 5.30. The van der Waals surface area contributed by atoms with Crippen molar-refractivity contribution in [2.45, 2.75) is 57.2 Å². The van der Waals surface area contributed by atoms with E-state index in [1.54, 1.807) is 0 Å². The minimum absolute atomic E-state index is 0. The molecular weight excluding hydrogens is 419 g/mol. The monoisotopic (exact) mass is 454 g/mol. The highest BCUT2D eigenvalue weighted by molar-refractivity contribution is 14.0. The molecule has 1 unspecified atom stereocenters. The van der Waals surface area contributed by atoms with Gasteiger partial charge in [-0.05, 0) is 50.8 Å². The Kier molecular flexibility index (Phi) is 9.59. The Balaban J connectivity index is 0.00000264. The molecule has 0 aromatic heterocycles. The minimum Gasteiger partial charge on any atom is -0.355 e. The second-order valence-corrected chi connectivity index (χ2v) is 9.08. The number of nitrogens with one attached hydrogen (secondary N) is 2. The lowest BCUT2D eigenvalue weighted by atomic mass is 10.1. The largest absolute Gasteiger partial charge is 0.355 e. The van der Waals surface area contributed by atoms with Crippen molar-refractivity contribution >= 4 is 41.7 Å². The minimum atomic E-state index is 0. The number of thioether (sulfide) groups is 1. The molecule has 0 aromatic rings. The van der Waals surface area contributed by atoms with E-state index in [9.17, 15) is 0 Å². The predicted molar refractivity (Wildman–Crippen MR) is 114 cm³/mol. The van der Waals surface area contributed by atoms with Crippen molar-refractivity contribution in [1.29, 1.82) is 0 Å². The highest BCUT2D eigenvalue weighted by Crippen LogP contribution is 2.36. The Morgan fingerprint density at radius 3 is 2.74 bits per heavy atom. The van der Waals surface area contributed by atoms with Crippen molar-refractivity contribution in [3.63, 3.8) is 0 Å². The van der Waals surface area contributed by atoms with Crippen LogP contribution in [-0.4, -0.2) is 60.6 Å². The molecule has 0 bridgehead atoms. The van der Waals surface area contributed by atoms with Gasteiger partial charge in [0, 0.05) is 37.5 Å². The molecule has 0 aliphatic carbocycles. The molecular formula is C17H35IN4S. The zero-order valence-corrected chi connectivity index (χ0v) is 18.4. The van der Waals surface area contributed by atoms with Crippen molar-refractivity contribution < 1.29 is 0 Å². The van der Waals surface area contributed by atoms with Crippen molar-refractivity contribution in [2.24, 2.45) is 10.9 Å². The molecule has 0 saturated carbocycles. The van der Waals surface area contributed by atoms with Crippen molar-refractivity contribution in [2.75, 3.05) is 39.0 Å². The van der Waals surface area contributed by atoms with Gasteiger partial charge in [0.25, 0.3) is 0 Å². The molecule has 2 N–H and O–H groups in total. The lowest BCUT2D eigenvalue weighted by Gasteiger charge is -2.28. The van der Waals surface area contributed by atoms with E-state index >= 15 is 0 Å². The van der Waals surface area contributed by atoms with Gasteiger partial charge in [-0.2, -0.15) is 11.8 Å². The first-order valence-electron chi connectivity index (χ1n) is 8.85. The Labute approximate surface area is 164 Å². The summed E-state index contributed by atoms with van der Waals surface area (Å²) in [4.78, 5) is 7.03. The average Bonchev–Trinajstić information content (AvgIpc) is 3.08. The number of hydrogen-bond donors (Lipinski definition) is 2. The number of halogens is 1. The summed E-state index contributed by atoms with van der Waals surface area (Å²) in [5.41, 5.74) is 0. The topological polar surface area (TPSA) is 39.7 Å². The van der Waals surface area contributed by atoms with Gasteiger partial charge in [0.1, 0.15) is 0 Å². The van der Waals surface area contributed by atoms with Crippen LogP contribution in [0.1, 0.15) is 46.5 Å². The lowest BCUT2D eigenvalue weighted by Crippen LogP contribution is -2.48. The molecule has 136 valence electrons. The Bertz CT molecular complexity index is 370. The summed E-state index contributed by atoms with van der Waals surface area (Å²) in [5.74, 6) is 3.01. The van der Waals surface area contributed by atoms with Gasteiger partial charge < -0.3 is 10.6 Å². The van der Waals surface area contributed by atoms with Gasteiger partial charge in [0.2, 0.25) is 0 Å². The summed E-state index contributed by atoms with van der Waals surface area (Å²) < 4.78 is 0.384. The fourth-order valence-corrected chi connectivity index (χ4v) is 4.76. The third-order valence-electron chi connectivity index (χ3n) is 4.76. The van der Waals surface area contributed by atoms with E-state index in [0.29, 0.717) is 10.8 Å². The summed E-state index contributed by atoms with van der Waals surface area (Å²) >= 11 is 2.09. The van der Waals surface area contributed by atoms with E-state index in [4.69, 9.17) is 0 Å². The smallest absolute Gasteiger partial charge is 0.191 e. The number of aliphatic imine (C=N–C) groups is 1. The second-order valence-electron chi connectivity index (χ2n) is 7.39.